The van der Waals surface area contributed by atoms with Crippen LogP contribution in [0.15, 0.2) is 30.3 Å². The summed E-state index contributed by atoms with van der Waals surface area (Å²) in [6, 6.07) is 11.8. The second-order valence-electron chi connectivity index (χ2n) is 6.37. The van der Waals surface area contributed by atoms with Crippen LogP contribution in [0, 0.1) is 17.9 Å². The van der Waals surface area contributed by atoms with Crippen molar-refractivity contribution in [1.29, 1.82) is 0 Å². The summed E-state index contributed by atoms with van der Waals surface area (Å²) in [4.78, 5) is 25.7. The van der Waals surface area contributed by atoms with Crippen LogP contribution < -0.4 is 0 Å². The van der Waals surface area contributed by atoms with Gasteiger partial charge in [-0.05, 0) is 30.9 Å². The fourth-order valence-corrected chi connectivity index (χ4v) is 2.11. The third-order valence-corrected chi connectivity index (χ3v) is 3.66. The Kier molecular flexibility index (Phi) is 10.1. The zero-order chi connectivity index (χ0) is 18.5. The minimum atomic E-state index is -0.380. The lowest BCUT2D eigenvalue weighted by atomic mass is 10.1. The Morgan fingerprint density at radius 1 is 1.20 bits per heavy atom. The topological polar surface area (TPSA) is 46.6 Å². The van der Waals surface area contributed by atoms with Crippen molar-refractivity contribution >= 4 is 11.9 Å². The van der Waals surface area contributed by atoms with Gasteiger partial charge in [0.05, 0.1) is 12.1 Å². The fourth-order valence-electron chi connectivity index (χ4n) is 2.11. The van der Waals surface area contributed by atoms with Crippen molar-refractivity contribution in [2.24, 2.45) is 5.92 Å². The lowest BCUT2D eigenvalue weighted by Gasteiger charge is -2.16. The van der Waals surface area contributed by atoms with Crippen molar-refractivity contribution in [2.75, 3.05) is 13.2 Å². The summed E-state index contributed by atoms with van der Waals surface area (Å²) in [6.07, 6.45) is 4.05. The Morgan fingerprint density at radius 2 is 1.92 bits per heavy atom. The normalized spacial score (nSPS) is 10.1. The molecule has 0 aliphatic carbocycles. The van der Waals surface area contributed by atoms with Gasteiger partial charge in [0, 0.05) is 18.9 Å². The minimum Gasteiger partial charge on any atom is -0.460 e. The summed E-state index contributed by atoms with van der Waals surface area (Å²) in [5.41, 5.74) is 0.509. The Balaban J connectivity index is 2.54. The van der Waals surface area contributed by atoms with E-state index < -0.39 is 0 Å². The monoisotopic (exact) mass is 343 g/mol. The molecule has 0 aliphatic rings. The second kappa shape index (κ2) is 12.1. The third-order valence-electron chi connectivity index (χ3n) is 3.66. The Morgan fingerprint density at radius 3 is 2.56 bits per heavy atom. The number of carbonyl (C=O) groups is 2. The van der Waals surface area contributed by atoms with E-state index in [0.717, 1.165) is 25.7 Å². The number of benzene rings is 1. The van der Waals surface area contributed by atoms with Crippen molar-refractivity contribution in [1.82, 2.24) is 4.90 Å². The molecule has 0 fully saturated rings. The number of hydrogen-bond acceptors (Lipinski definition) is 3. The van der Waals surface area contributed by atoms with E-state index in [-0.39, 0.29) is 18.5 Å². The van der Waals surface area contributed by atoms with E-state index in [0.29, 0.717) is 24.4 Å². The first-order valence-corrected chi connectivity index (χ1v) is 9.05. The van der Waals surface area contributed by atoms with Crippen LogP contribution >= 0.6 is 0 Å². The lowest BCUT2D eigenvalue weighted by molar-refractivity contribution is -0.128. The molecule has 0 heterocycles. The van der Waals surface area contributed by atoms with Gasteiger partial charge in [-0.1, -0.05) is 51.3 Å². The molecule has 0 radical (unpaired) electrons. The van der Waals surface area contributed by atoms with E-state index >= 15 is 0 Å². The highest BCUT2D eigenvalue weighted by atomic mass is 16.5. The molecule has 1 amide bonds. The number of esters is 1. The largest absolute Gasteiger partial charge is 0.460 e. The number of carbonyl (C=O) groups excluding carboxylic acids is 2. The highest BCUT2D eigenvalue weighted by Crippen LogP contribution is 2.04. The summed E-state index contributed by atoms with van der Waals surface area (Å²) in [5, 5.41) is 0. The molecule has 1 aromatic rings. The van der Waals surface area contributed by atoms with Crippen molar-refractivity contribution < 1.29 is 14.3 Å². The first-order chi connectivity index (χ1) is 12.0. The molecule has 1 aromatic carbocycles. The molecule has 136 valence electrons. The van der Waals surface area contributed by atoms with Crippen molar-refractivity contribution in [3.63, 3.8) is 0 Å². The molecule has 0 bridgehead atoms. The van der Waals surface area contributed by atoms with E-state index in [1.165, 1.54) is 4.90 Å². The first kappa shape index (κ1) is 20.8. The van der Waals surface area contributed by atoms with E-state index in [2.05, 4.69) is 25.8 Å². The van der Waals surface area contributed by atoms with Crippen molar-refractivity contribution in [2.45, 2.75) is 52.9 Å². The maximum absolute atomic E-state index is 12.3. The van der Waals surface area contributed by atoms with E-state index in [9.17, 15) is 9.59 Å². The third kappa shape index (κ3) is 8.95. The first-order valence-electron chi connectivity index (χ1n) is 9.05. The molecule has 0 aliphatic heterocycles. The summed E-state index contributed by atoms with van der Waals surface area (Å²) in [7, 11) is 0. The van der Waals surface area contributed by atoms with Crippen molar-refractivity contribution in [3.05, 3.63) is 35.9 Å². The molecule has 25 heavy (non-hydrogen) atoms. The standard InChI is InChI=1S/C21H29NO3/c1-4-5-14-20(23)22(15-10-9-11-18(2)3)16-17-25-21(24)19-12-7-6-8-13-19/h6-8,12-13,18H,4-5,9,11,14,16-17H2,1-3H3. The number of nitrogens with zero attached hydrogens (tertiary/aromatic N) is 1. The smallest absolute Gasteiger partial charge is 0.338 e. The van der Waals surface area contributed by atoms with Gasteiger partial charge in [-0.15, -0.1) is 0 Å². The zero-order valence-electron chi connectivity index (χ0n) is 15.6. The van der Waals surface area contributed by atoms with Crippen LogP contribution in [0.1, 0.15) is 63.2 Å². The van der Waals surface area contributed by atoms with Gasteiger partial charge in [0.2, 0.25) is 5.91 Å². The molecule has 0 unspecified atom stereocenters. The summed E-state index contributed by atoms with van der Waals surface area (Å²) in [5.74, 6) is 3.26. The van der Waals surface area contributed by atoms with Crippen LogP contribution in [0.5, 0.6) is 0 Å². The molecule has 4 heteroatoms. The Labute approximate surface area is 151 Å². The van der Waals surface area contributed by atoms with Gasteiger partial charge in [0.25, 0.3) is 0 Å². The molecule has 0 saturated carbocycles. The molecule has 0 aromatic heterocycles. The predicted octanol–water partition coefficient (Wildman–Crippen LogP) is 4.26. The maximum atomic E-state index is 12.3. The molecular formula is C21H29NO3. The summed E-state index contributed by atoms with van der Waals surface area (Å²) in [6.45, 7) is 6.79. The number of unbranched alkanes of at least 4 members (excludes halogenated alkanes) is 1. The van der Waals surface area contributed by atoms with Gasteiger partial charge in [0.1, 0.15) is 6.61 Å². The van der Waals surface area contributed by atoms with Crippen LogP contribution in [-0.4, -0.2) is 29.9 Å². The number of amides is 1. The summed E-state index contributed by atoms with van der Waals surface area (Å²) >= 11 is 0. The van der Waals surface area contributed by atoms with Gasteiger partial charge < -0.3 is 4.74 Å². The quantitative estimate of drug-likeness (QED) is 0.382. The fraction of sp³-hybridized carbons (Fsp3) is 0.524. The molecular weight excluding hydrogens is 314 g/mol. The number of rotatable bonds is 9. The zero-order valence-corrected chi connectivity index (χ0v) is 15.6. The molecule has 1 rings (SSSR count). The van der Waals surface area contributed by atoms with Crippen molar-refractivity contribution in [3.8, 4) is 12.0 Å². The van der Waals surface area contributed by atoms with E-state index in [4.69, 9.17) is 4.74 Å². The Bertz CT molecular complexity index is 584. The minimum absolute atomic E-state index is 0.00495. The lowest BCUT2D eigenvalue weighted by Crippen LogP contribution is -2.30. The number of hydrogen-bond donors (Lipinski definition) is 0. The van der Waals surface area contributed by atoms with Gasteiger partial charge in [-0.3, -0.25) is 9.69 Å². The highest BCUT2D eigenvalue weighted by Gasteiger charge is 2.12. The number of ether oxygens (including phenoxy) is 1. The molecule has 4 nitrogen and oxygen atoms in total. The highest BCUT2D eigenvalue weighted by molar-refractivity contribution is 5.89. The van der Waals surface area contributed by atoms with Crippen LogP contribution in [0.2, 0.25) is 0 Å². The van der Waals surface area contributed by atoms with Gasteiger partial charge >= 0.3 is 5.97 Å². The average molecular weight is 343 g/mol. The van der Waals surface area contributed by atoms with Crippen LogP contribution in [-0.2, 0) is 9.53 Å². The van der Waals surface area contributed by atoms with Gasteiger partial charge in [-0.2, -0.15) is 0 Å². The molecule has 0 atom stereocenters. The Hall–Kier alpha value is -2.28. The van der Waals surface area contributed by atoms with E-state index in [1.54, 1.807) is 24.3 Å². The van der Waals surface area contributed by atoms with Crippen LogP contribution in [0.25, 0.3) is 0 Å². The van der Waals surface area contributed by atoms with Crippen LogP contribution in [0.4, 0.5) is 0 Å². The van der Waals surface area contributed by atoms with Gasteiger partial charge in [0.15, 0.2) is 0 Å². The SMILES string of the molecule is CCCCC(=O)N(C#CCCC(C)C)CCOC(=O)c1ccccc1. The van der Waals surface area contributed by atoms with Gasteiger partial charge in [-0.25, -0.2) is 4.79 Å². The molecule has 0 saturated heterocycles. The average Bonchev–Trinajstić information content (AvgIpc) is 2.62. The molecule has 0 N–H and O–H groups in total. The molecule has 0 spiro atoms. The van der Waals surface area contributed by atoms with Crippen LogP contribution in [0.3, 0.4) is 0 Å². The predicted molar refractivity (Wildman–Crippen MR) is 99.8 cm³/mol. The second-order valence-corrected chi connectivity index (χ2v) is 6.37. The maximum Gasteiger partial charge on any atom is 0.338 e. The van der Waals surface area contributed by atoms with E-state index in [1.807, 2.05) is 13.0 Å². The summed E-state index contributed by atoms with van der Waals surface area (Å²) < 4.78 is 5.26.